The SMILES string of the molecule is [C-]#[N+]c1cc(Oc2[c-]c3c(cc2)c2ccccc2n3-c2cc(C(C)(C)C)ccn2)[c-]c(-n2[c-][n+](-c3cc(C(C)(C)C)cc(C(C)(C)C)c3)cc2)c1.[Pt]. The Balaban J connectivity index is 0.00000464. The molecule has 0 aliphatic carbocycles. The fourth-order valence-electron chi connectivity index (χ4n) is 6.27. The van der Waals surface area contributed by atoms with Gasteiger partial charge in [0.1, 0.15) is 5.82 Å². The number of ether oxygens (including phenoxy) is 1. The molecule has 0 fully saturated rings. The third kappa shape index (κ3) is 7.21. The molecule has 7 heteroatoms. The van der Waals surface area contributed by atoms with Gasteiger partial charge < -0.3 is 13.9 Å². The summed E-state index contributed by atoms with van der Waals surface area (Å²) in [6.45, 7) is 27.9. The molecule has 0 aliphatic rings. The average Bonchev–Trinajstić information content (AvgIpc) is 3.70. The topological polar surface area (TPSA) is 40.2 Å². The predicted molar refractivity (Wildman–Crippen MR) is 205 cm³/mol. The summed E-state index contributed by atoms with van der Waals surface area (Å²) < 4.78 is 12.4. The van der Waals surface area contributed by atoms with Crippen LogP contribution in [0.4, 0.5) is 5.69 Å². The molecule has 6 nitrogen and oxygen atoms in total. The maximum Gasteiger partial charge on any atom is 0.267 e. The van der Waals surface area contributed by atoms with Crippen molar-refractivity contribution in [2.24, 2.45) is 0 Å². The van der Waals surface area contributed by atoms with Crippen molar-refractivity contribution < 1.29 is 30.4 Å². The van der Waals surface area contributed by atoms with Crippen molar-refractivity contribution in [2.75, 3.05) is 0 Å². The number of para-hydroxylation sites is 1. The molecule has 52 heavy (non-hydrogen) atoms. The van der Waals surface area contributed by atoms with Gasteiger partial charge in [-0.15, -0.1) is 29.7 Å². The Morgan fingerprint density at radius 1 is 0.731 bits per heavy atom. The number of imidazole rings is 1. The van der Waals surface area contributed by atoms with Crippen LogP contribution in [-0.4, -0.2) is 14.1 Å². The number of hydrogen-bond acceptors (Lipinski definition) is 2. The summed E-state index contributed by atoms with van der Waals surface area (Å²) in [5, 5.41) is 2.17. The quantitative estimate of drug-likeness (QED) is 0.128. The van der Waals surface area contributed by atoms with Gasteiger partial charge in [0, 0.05) is 50.9 Å². The zero-order valence-electron chi connectivity index (χ0n) is 31.2. The summed E-state index contributed by atoms with van der Waals surface area (Å²) in [7, 11) is 0. The molecule has 0 saturated carbocycles. The van der Waals surface area contributed by atoms with E-state index in [-0.39, 0.29) is 37.3 Å². The Morgan fingerprint density at radius 2 is 1.42 bits per heavy atom. The van der Waals surface area contributed by atoms with Crippen LogP contribution in [0.15, 0.2) is 97.5 Å². The number of aromatic nitrogens is 4. The molecule has 3 heterocycles. The Bertz CT molecular complexity index is 2450. The molecule has 0 amide bonds. The molecular weight excluding hydrogens is 822 g/mol. The van der Waals surface area contributed by atoms with Crippen LogP contribution >= 0.6 is 0 Å². The number of nitrogens with zero attached hydrogens (tertiary/aromatic N) is 5. The maximum absolute atomic E-state index is 7.85. The van der Waals surface area contributed by atoms with Crippen molar-refractivity contribution >= 4 is 27.5 Å². The number of pyridine rings is 1. The Morgan fingerprint density at radius 3 is 2.10 bits per heavy atom. The van der Waals surface area contributed by atoms with Gasteiger partial charge >= 0.3 is 0 Å². The first-order valence-electron chi connectivity index (χ1n) is 17.3. The van der Waals surface area contributed by atoms with Crippen LogP contribution in [0.2, 0.25) is 0 Å². The minimum atomic E-state index is -0.0296. The van der Waals surface area contributed by atoms with E-state index in [0.29, 0.717) is 22.9 Å². The standard InChI is InChI=1S/C45H43N5O.Pt/c1-43(2,3)30-17-18-47-42(24-30)50-40-14-12-11-13-38(40)39-16-15-36(28-41(39)50)51-37-26-33(46-10)25-35(27-37)49-20-19-48(29-49)34-22-31(44(4,5)6)21-32(23-34)45(7,8)9;/h11-26H,1-9H3;/q-2;. The fourth-order valence-corrected chi connectivity index (χ4v) is 6.27. The van der Waals surface area contributed by atoms with Gasteiger partial charge in [-0.2, -0.15) is 12.1 Å². The van der Waals surface area contributed by atoms with E-state index in [1.165, 1.54) is 16.7 Å². The van der Waals surface area contributed by atoms with E-state index in [4.69, 9.17) is 16.3 Å². The van der Waals surface area contributed by atoms with Crippen molar-refractivity contribution in [3.05, 3.63) is 144 Å². The summed E-state index contributed by atoms with van der Waals surface area (Å²) in [4.78, 5) is 8.54. The van der Waals surface area contributed by atoms with E-state index in [9.17, 15) is 0 Å². The number of rotatable bonds is 5. The van der Waals surface area contributed by atoms with Crippen molar-refractivity contribution in [1.29, 1.82) is 0 Å². The zero-order valence-corrected chi connectivity index (χ0v) is 33.5. The third-order valence-corrected chi connectivity index (χ3v) is 9.33. The summed E-state index contributed by atoms with van der Waals surface area (Å²) in [6.07, 6.45) is 9.23. The molecule has 0 radical (unpaired) electrons. The molecule has 0 bridgehead atoms. The van der Waals surface area contributed by atoms with Gasteiger partial charge in [0.15, 0.2) is 0 Å². The van der Waals surface area contributed by atoms with Crippen LogP contribution in [0.1, 0.15) is 79.0 Å². The second-order valence-electron chi connectivity index (χ2n) is 16.3. The minimum absolute atomic E-state index is 0. The summed E-state index contributed by atoms with van der Waals surface area (Å²) in [6, 6.07) is 33.7. The van der Waals surface area contributed by atoms with Crippen molar-refractivity contribution in [1.82, 2.24) is 14.1 Å². The van der Waals surface area contributed by atoms with Gasteiger partial charge in [-0.3, -0.25) is 9.41 Å². The largest absolute Gasteiger partial charge is 0.511 e. The van der Waals surface area contributed by atoms with E-state index in [1.54, 1.807) is 12.1 Å². The van der Waals surface area contributed by atoms with Crippen LogP contribution in [0.25, 0.3) is 43.8 Å². The molecule has 7 aromatic rings. The van der Waals surface area contributed by atoms with Gasteiger partial charge in [0.2, 0.25) is 0 Å². The molecule has 0 atom stereocenters. The zero-order chi connectivity index (χ0) is 36.3. The summed E-state index contributed by atoms with van der Waals surface area (Å²) in [5.41, 5.74) is 7.71. The minimum Gasteiger partial charge on any atom is -0.511 e. The van der Waals surface area contributed by atoms with Crippen molar-refractivity contribution in [3.63, 3.8) is 0 Å². The van der Waals surface area contributed by atoms with Crippen LogP contribution < -0.4 is 9.30 Å². The van der Waals surface area contributed by atoms with E-state index in [2.05, 4.69) is 145 Å². The molecular formula is C45H43N5OPt-2. The van der Waals surface area contributed by atoms with Crippen LogP contribution in [0.3, 0.4) is 0 Å². The molecule has 7 rings (SSSR count). The number of fused-ring (bicyclic) bond motifs is 3. The molecule has 0 spiro atoms. The Labute approximate surface area is 321 Å². The monoisotopic (exact) mass is 864 g/mol. The second-order valence-corrected chi connectivity index (χ2v) is 16.3. The van der Waals surface area contributed by atoms with Gasteiger partial charge in [-0.05, 0) is 74.4 Å². The fraction of sp³-hybridized carbons (Fsp3) is 0.267. The first-order chi connectivity index (χ1) is 24.1. The van der Waals surface area contributed by atoms with Crippen LogP contribution in [0, 0.1) is 25.0 Å². The maximum atomic E-state index is 7.85. The smallest absolute Gasteiger partial charge is 0.267 e. The Kier molecular flexibility index (Phi) is 9.58. The van der Waals surface area contributed by atoms with Crippen molar-refractivity contribution in [2.45, 2.75) is 78.6 Å². The van der Waals surface area contributed by atoms with Gasteiger partial charge in [-0.25, -0.2) is 4.98 Å². The molecule has 0 saturated heterocycles. The summed E-state index contributed by atoms with van der Waals surface area (Å²) in [5.74, 6) is 1.76. The Hall–Kier alpha value is -4.98. The van der Waals surface area contributed by atoms with Gasteiger partial charge in [0.25, 0.3) is 6.33 Å². The number of benzene rings is 4. The molecule has 3 aromatic heterocycles. The summed E-state index contributed by atoms with van der Waals surface area (Å²) >= 11 is 0. The molecule has 0 N–H and O–H groups in total. The van der Waals surface area contributed by atoms with Crippen LogP contribution in [-0.2, 0) is 37.3 Å². The second kappa shape index (κ2) is 13.5. The molecule has 4 aromatic carbocycles. The molecule has 0 unspecified atom stereocenters. The first kappa shape index (κ1) is 36.8. The molecule has 266 valence electrons. The first-order valence-corrected chi connectivity index (χ1v) is 17.3. The predicted octanol–water partition coefficient (Wildman–Crippen LogP) is 10.9. The average molecular weight is 865 g/mol. The van der Waals surface area contributed by atoms with E-state index >= 15 is 0 Å². The van der Waals surface area contributed by atoms with Crippen molar-refractivity contribution in [3.8, 4) is 28.7 Å². The van der Waals surface area contributed by atoms with Crippen LogP contribution in [0.5, 0.6) is 11.5 Å². The van der Waals surface area contributed by atoms with E-state index < -0.39 is 0 Å². The molecule has 0 aliphatic heterocycles. The number of hydrogen-bond donors (Lipinski definition) is 0. The normalized spacial score (nSPS) is 12.2. The van der Waals surface area contributed by atoms with E-state index in [0.717, 1.165) is 33.3 Å². The van der Waals surface area contributed by atoms with Gasteiger partial charge in [-0.1, -0.05) is 97.8 Å². The van der Waals surface area contributed by atoms with E-state index in [1.807, 2.05) is 39.9 Å². The third-order valence-electron chi connectivity index (χ3n) is 9.33. The van der Waals surface area contributed by atoms with Gasteiger partial charge in [0.05, 0.1) is 17.9 Å².